The number of nitrogens with zero attached hydrogens (tertiary/aromatic N) is 2. The van der Waals surface area contributed by atoms with Crippen LogP contribution in [0.1, 0.15) is 19.3 Å². The van der Waals surface area contributed by atoms with Crippen LogP contribution in [-0.4, -0.2) is 43.9 Å². The zero-order chi connectivity index (χ0) is 15.6. The summed E-state index contributed by atoms with van der Waals surface area (Å²) in [4.78, 5) is 27.6. The highest BCUT2D eigenvalue weighted by Crippen LogP contribution is 2.28. The van der Waals surface area contributed by atoms with E-state index in [1.807, 2.05) is 25.1 Å². The van der Waals surface area contributed by atoms with E-state index in [2.05, 4.69) is 5.32 Å². The first-order valence-electron chi connectivity index (χ1n) is 6.93. The number of hydrogen-bond donors (Lipinski definition) is 1. The number of carbonyl (C=O) groups excluding carboxylic acids is 2. The molecule has 1 heterocycles. The van der Waals surface area contributed by atoms with Gasteiger partial charge in [0.1, 0.15) is 6.04 Å². The Labute approximate surface area is 129 Å². The summed E-state index contributed by atoms with van der Waals surface area (Å²) in [7, 11) is 5.47. The molecular formula is C15H20ClN3O2. The molecule has 0 radical (unpaired) electrons. The quantitative estimate of drug-likeness (QED) is 0.932. The number of amides is 2. The third kappa shape index (κ3) is 3.47. The molecule has 1 atom stereocenters. The first-order chi connectivity index (χ1) is 9.90. The molecule has 0 spiro atoms. The Hall–Kier alpha value is -1.75. The van der Waals surface area contributed by atoms with Gasteiger partial charge in [0, 0.05) is 32.6 Å². The van der Waals surface area contributed by atoms with Gasteiger partial charge in [-0.05, 0) is 31.0 Å². The van der Waals surface area contributed by atoms with Crippen LogP contribution in [0.15, 0.2) is 18.2 Å². The maximum absolute atomic E-state index is 12.4. The van der Waals surface area contributed by atoms with Crippen LogP contribution >= 0.6 is 11.6 Å². The predicted molar refractivity (Wildman–Crippen MR) is 84.8 cm³/mol. The lowest BCUT2D eigenvalue weighted by Crippen LogP contribution is -2.47. The fourth-order valence-corrected chi connectivity index (χ4v) is 2.68. The minimum atomic E-state index is -0.416. The number of piperidine rings is 1. The van der Waals surface area contributed by atoms with Crippen LogP contribution in [0.4, 0.5) is 11.4 Å². The Balaban J connectivity index is 2.19. The van der Waals surface area contributed by atoms with Crippen molar-refractivity contribution in [2.24, 2.45) is 0 Å². The van der Waals surface area contributed by atoms with Crippen molar-refractivity contribution in [3.63, 3.8) is 0 Å². The topological polar surface area (TPSA) is 52.7 Å². The van der Waals surface area contributed by atoms with Crippen molar-refractivity contribution in [2.75, 3.05) is 31.4 Å². The largest absolute Gasteiger partial charge is 0.376 e. The summed E-state index contributed by atoms with van der Waals surface area (Å²) in [6.45, 7) is 0. The van der Waals surface area contributed by atoms with Gasteiger partial charge in [-0.1, -0.05) is 11.6 Å². The fourth-order valence-electron chi connectivity index (χ4n) is 2.51. The van der Waals surface area contributed by atoms with Gasteiger partial charge >= 0.3 is 0 Å². The lowest BCUT2D eigenvalue weighted by atomic mass is 10.0. The van der Waals surface area contributed by atoms with Crippen LogP contribution < -0.4 is 10.2 Å². The van der Waals surface area contributed by atoms with Crippen molar-refractivity contribution in [1.29, 1.82) is 0 Å². The Morgan fingerprint density at radius 3 is 2.81 bits per heavy atom. The molecule has 0 aliphatic carbocycles. The lowest BCUT2D eigenvalue weighted by molar-refractivity contribution is -0.140. The Kier molecular flexibility index (Phi) is 4.73. The summed E-state index contributed by atoms with van der Waals surface area (Å²) in [5.41, 5.74) is 1.53. The van der Waals surface area contributed by atoms with E-state index < -0.39 is 6.04 Å². The van der Waals surface area contributed by atoms with Gasteiger partial charge in [-0.3, -0.25) is 9.59 Å². The molecule has 1 saturated heterocycles. The molecule has 1 aromatic rings. The Bertz CT molecular complexity index is 560. The monoisotopic (exact) mass is 309 g/mol. The van der Waals surface area contributed by atoms with Crippen molar-refractivity contribution < 1.29 is 9.59 Å². The highest BCUT2D eigenvalue weighted by Gasteiger charge is 2.30. The molecule has 114 valence electrons. The molecule has 0 bridgehead atoms. The maximum atomic E-state index is 12.4. The molecule has 1 aliphatic heterocycles. The molecule has 2 rings (SSSR count). The van der Waals surface area contributed by atoms with Gasteiger partial charge < -0.3 is 15.1 Å². The number of likely N-dealkylation sites (tertiary alicyclic amines) is 1. The first kappa shape index (κ1) is 15.6. The zero-order valence-corrected chi connectivity index (χ0v) is 13.3. The van der Waals surface area contributed by atoms with Crippen molar-refractivity contribution >= 4 is 34.8 Å². The number of nitrogens with one attached hydrogen (secondary N) is 1. The Morgan fingerprint density at radius 2 is 2.14 bits per heavy atom. The average Bonchev–Trinajstić information content (AvgIpc) is 2.41. The van der Waals surface area contributed by atoms with Gasteiger partial charge in [0.05, 0.1) is 11.4 Å². The molecule has 1 unspecified atom stereocenters. The van der Waals surface area contributed by atoms with Crippen LogP contribution in [0.5, 0.6) is 0 Å². The summed E-state index contributed by atoms with van der Waals surface area (Å²) in [5, 5.41) is 3.45. The zero-order valence-electron chi connectivity index (χ0n) is 12.5. The standard InChI is InChI=1S/C15H20ClN3O2/c1-18(2)12-8-7-10(16)9-11(12)17-15(21)13-5-4-6-14(20)19(13)3/h7-9,13H,4-6H2,1-3H3,(H,17,21). The molecule has 1 aliphatic rings. The van der Waals surface area contributed by atoms with E-state index in [1.165, 1.54) is 4.90 Å². The number of rotatable bonds is 3. The van der Waals surface area contributed by atoms with Crippen LogP contribution in [-0.2, 0) is 9.59 Å². The highest BCUT2D eigenvalue weighted by molar-refractivity contribution is 6.31. The molecular weight excluding hydrogens is 290 g/mol. The van der Waals surface area contributed by atoms with Crippen LogP contribution in [0.3, 0.4) is 0 Å². The molecule has 1 fully saturated rings. The average molecular weight is 310 g/mol. The molecule has 0 aromatic heterocycles. The van der Waals surface area contributed by atoms with E-state index >= 15 is 0 Å². The van der Waals surface area contributed by atoms with Gasteiger partial charge in [0.25, 0.3) is 0 Å². The van der Waals surface area contributed by atoms with Crippen LogP contribution in [0, 0.1) is 0 Å². The molecule has 1 aromatic carbocycles. The summed E-state index contributed by atoms with van der Waals surface area (Å²) in [5.74, 6) is -0.156. The van der Waals surface area contributed by atoms with E-state index in [9.17, 15) is 9.59 Å². The van der Waals surface area contributed by atoms with Crippen molar-refractivity contribution in [1.82, 2.24) is 4.90 Å². The maximum Gasteiger partial charge on any atom is 0.247 e. The summed E-state index contributed by atoms with van der Waals surface area (Å²) in [6, 6.07) is 4.94. The summed E-state index contributed by atoms with van der Waals surface area (Å²) in [6.07, 6.45) is 1.95. The molecule has 21 heavy (non-hydrogen) atoms. The van der Waals surface area contributed by atoms with E-state index in [0.717, 1.165) is 12.1 Å². The van der Waals surface area contributed by atoms with E-state index in [1.54, 1.807) is 19.2 Å². The smallest absolute Gasteiger partial charge is 0.247 e. The van der Waals surface area contributed by atoms with Crippen molar-refractivity contribution in [3.05, 3.63) is 23.2 Å². The Morgan fingerprint density at radius 1 is 1.43 bits per heavy atom. The van der Waals surface area contributed by atoms with Crippen molar-refractivity contribution in [2.45, 2.75) is 25.3 Å². The van der Waals surface area contributed by atoms with Gasteiger partial charge in [0.2, 0.25) is 11.8 Å². The van der Waals surface area contributed by atoms with Crippen molar-refractivity contribution in [3.8, 4) is 0 Å². The number of likely N-dealkylation sites (N-methyl/N-ethyl adjacent to an activating group) is 1. The molecule has 5 nitrogen and oxygen atoms in total. The van der Waals surface area contributed by atoms with Gasteiger partial charge in [-0.25, -0.2) is 0 Å². The fraction of sp³-hybridized carbons (Fsp3) is 0.467. The van der Waals surface area contributed by atoms with Crippen LogP contribution in [0.25, 0.3) is 0 Å². The molecule has 2 amide bonds. The summed E-state index contributed by atoms with van der Waals surface area (Å²) >= 11 is 6.01. The third-order valence-electron chi connectivity index (χ3n) is 3.73. The minimum absolute atomic E-state index is 0.0142. The van der Waals surface area contributed by atoms with Crippen LogP contribution in [0.2, 0.25) is 5.02 Å². The second kappa shape index (κ2) is 6.35. The highest BCUT2D eigenvalue weighted by atomic mass is 35.5. The minimum Gasteiger partial charge on any atom is -0.376 e. The normalized spacial score (nSPS) is 18.6. The van der Waals surface area contributed by atoms with E-state index in [4.69, 9.17) is 11.6 Å². The summed E-state index contributed by atoms with van der Waals surface area (Å²) < 4.78 is 0. The second-order valence-corrected chi connectivity index (χ2v) is 5.89. The van der Waals surface area contributed by atoms with Gasteiger partial charge in [0.15, 0.2) is 0 Å². The first-order valence-corrected chi connectivity index (χ1v) is 7.31. The SMILES string of the molecule is CN(C)c1ccc(Cl)cc1NC(=O)C1CCCC(=O)N1C. The third-order valence-corrected chi connectivity index (χ3v) is 3.97. The second-order valence-electron chi connectivity index (χ2n) is 5.46. The number of anilines is 2. The molecule has 6 heteroatoms. The number of hydrogen-bond acceptors (Lipinski definition) is 3. The van der Waals surface area contributed by atoms with E-state index in [-0.39, 0.29) is 11.8 Å². The lowest BCUT2D eigenvalue weighted by Gasteiger charge is -2.31. The predicted octanol–water partition coefficient (Wildman–Crippen LogP) is 2.36. The molecule has 1 N–H and O–H groups in total. The number of carbonyl (C=O) groups is 2. The number of halogens is 1. The number of benzene rings is 1. The van der Waals surface area contributed by atoms with Gasteiger partial charge in [-0.2, -0.15) is 0 Å². The molecule has 0 saturated carbocycles. The van der Waals surface area contributed by atoms with Gasteiger partial charge in [-0.15, -0.1) is 0 Å². The van der Waals surface area contributed by atoms with E-state index in [0.29, 0.717) is 23.6 Å².